The zero-order valence-corrected chi connectivity index (χ0v) is 16.7. The first kappa shape index (κ1) is 19.3. The third kappa shape index (κ3) is 3.66. The first-order chi connectivity index (χ1) is 13.0. The lowest BCUT2D eigenvalue weighted by atomic mass is 10.1. The maximum absolute atomic E-state index is 13.5. The molecule has 1 aliphatic heterocycles. The number of nitrogens with zero attached hydrogens (tertiary/aromatic N) is 2. The number of aryl methyl sites for hydroxylation is 2. The van der Waals surface area contributed by atoms with E-state index < -0.39 is 0 Å². The van der Waals surface area contributed by atoms with Crippen LogP contribution in [0.25, 0.3) is 0 Å². The highest BCUT2D eigenvalue weighted by Crippen LogP contribution is 2.32. The Hall–Kier alpha value is -2.50. The summed E-state index contributed by atoms with van der Waals surface area (Å²) in [5.41, 5.74) is 3.48. The number of carbonyl (C=O) groups excluding carboxylic acids is 2. The van der Waals surface area contributed by atoms with Crippen molar-refractivity contribution in [2.24, 2.45) is 7.05 Å². The molecule has 3 heterocycles. The molecule has 27 heavy (non-hydrogen) atoms. The number of amides is 1. The second-order valence-electron chi connectivity index (χ2n) is 7.25. The first-order valence-electron chi connectivity index (χ1n) is 9.74. The van der Waals surface area contributed by atoms with E-state index in [0.29, 0.717) is 29.1 Å². The van der Waals surface area contributed by atoms with Gasteiger partial charge in [0.05, 0.1) is 18.2 Å². The molecule has 146 valence electrons. The number of aromatic nitrogens is 2. The SMILES string of the molecule is CCOC(=O)c1c(C)[nH]c(C(=O)N2CCCCC[C@H]2c2cccn2C)c1C. The molecule has 0 bridgehead atoms. The minimum atomic E-state index is -0.377. The Bertz CT molecular complexity index is 834. The van der Waals surface area contributed by atoms with E-state index in [-0.39, 0.29) is 17.9 Å². The fourth-order valence-electron chi connectivity index (χ4n) is 4.10. The highest BCUT2D eigenvalue weighted by Gasteiger charge is 2.32. The zero-order chi connectivity index (χ0) is 19.6. The van der Waals surface area contributed by atoms with Crippen LogP contribution in [0.4, 0.5) is 0 Å². The van der Waals surface area contributed by atoms with Gasteiger partial charge < -0.3 is 19.2 Å². The van der Waals surface area contributed by atoms with E-state index in [0.717, 1.165) is 37.9 Å². The molecule has 0 saturated carbocycles. The lowest BCUT2D eigenvalue weighted by molar-refractivity contribution is 0.0525. The van der Waals surface area contributed by atoms with Gasteiger partial charge in [0.25, 0.3) is 5.91 Å². The molecule has 6 heteroatoms. The molecular formula is C21H29N3O3. The molecule has 1 aliphatic rings. The maximum Gasteiger partial charge on any atom is 0.340 e. The van der Waals surface area contributed by atoms with Crippen LogP contribution in [0.15, 0.2) is 18.3 Å². The van der Waals surface area contributed by atoms with Crippen molar-refractivity contribution in [2.75, 3.05) is 13.2 Å². The summed E-state index contributed by atoms with van der Waals surface area (Å²) in [6, 6.07) is 4.16. The van der Waals surface area contributed by atoms with Crippen molar-refractivity contribution in [2.45, 2.75) is 52.5 Å². The topological polar surface area (TPSA) is 67.3 Å². The Balaban J connectivity index is 1.96. The van der Waals surface area contributed by atoms with E-state index in [1.165, 1.54) is 0 Å². The monoisotopic (exact) mass is 371 g/mol. The smallest absolute Gasteiger partial charge is 0.340 e. The molecule has 1 N–H and O–H groups in total. The van der Waals surface area contributed by atoms with Gasteiger partial charge in [-0.3, -0.25) is 4.79 Å². The van der Waals surface area contributed by atoms with Gasteiger partial charge >= 0.3 is 5.97 Å². The average molecular weight is 371 g/mol. The standard InChI is InChI=1S/C21H29N3O3/c1-5-27-21(26)18-14(2)19(22-15(18)3)20(25)24-13-8-6-7-10-17(24)16-11-9-12-23(16)4/h9,11-12,17,22H,5-8,10,13H2,1-4H3/t17-/m0/s1. The minimum absolute atomic E-state index is 0.0424. The molecule has 0 radical (unpaired) electrons. The summed E-state index contributed by atoms with van der Waals surface area (Å²) in [4.78, 5) is 30.9. The van der Waals surface area contributed by atoms with Crippen molar-refractivity contribution in [3.63, 3.8) is 0 Å². The fraction of sp³-hybridized carbons (Fsp3) is 0.524. The molecule has 1 amide bonds. The second-order valence-corrected chi connectivity index (χ2v) is 7.25. The number of nitrogens with one attached hydrogen (secondary N) is 1. The van der Waals surface area contributed by atoms with Crippen LogP contribution in [0.5, 0.6) is 0 Å². The molecule has 0 spiro atoms. The lowest BCUT2D eigenvalue weighted by Crippen LogP contribution is -2.36. The van der Waals surface area contributed by atoms with E-state index in [1.807, 2.05) is 38.1 Å². The van der Waals surface area contributed by atoms with E-state index in [4.69, 9.17) is 4.74 Å². The van der Waals surface area contributed by atoms with Gasteiger partial charge in [-0.2, -0.15) is 0 Å². The van der Waals surface area contributed by atoms with Gasteiger partial charge in [0.15, 0.2) is 0 Å². The van der Waals surface area contributed by atoms with Crippen molar-refractivity contribution in [1.29, 1.82) is 0 Å². The summed E-state index contributed by atoms with van der Waals surface area (Å²) in [6.07, 6.45) is 6.20. The molecule has 6 nitrogen and oxygen atoms in total. The van der Waals surface area contributed by atoms with Gasteiger partial charge in [0, 0.05) is 31.2 Å². The van der Waals surface area contributed by atoms with Crippen LogP contribution in [0.1, 0.15) is 76.4 Å². The largest absolute Gasteiger partial charge is 0.462 e. The van der Waals surface area contributed by atoms with Crippen LogP contribution in [-0.4, -0.2) is 39.5 Å². The zero-order valence-electron chi connectivity index (χ0n) is 16.7. The number of ether oxygens (including phenoxy) is 1. The Morgan fingerprint density at radius 1 is 1.26 bits per heavy atom. The number of rotatable bonds is 4. The molecule has 1 atom stereocenters. The predicted octanol–water partition coefficient (Wildman–Crippen LogP) is 3.90. The van der Waals surface area contributed by atoms with Crippen LogP contribution in [0.2, 0.25) is 0 Å². The van der Waals surface area contributed by atoms with Crippen molar-refractivity contribution < 1.29 is 14.3 Å². The van der Waals surface area contributed by atoms with Crippen molar-refractivity contribution in [3.8, 4) is 0 Å². The second kappa shape index (κ2) is 8.03. The molecule has 1 saturated heterocycles. The summed E-state index contributed by atoms with van der Waals surface area (Å²) in [5, 5.41) is 0. The van der Waals surface area contributed by atoms with Gasteiger partial charge in [-0.25, -0.2) is 4.79 Å². The molecule has 2 aromatic heterocycles. The normalized spacial score (nSPS) is 17.6. The summed E-state index contributed by atoms with van der Waals surface area (Å²) in [6.45, 7) is 6.45. The molecule has 0 unspecified atom stereocenters. The van der Waals surface area contributed by atoms with E-state index in [1.54, 1.807) is 6.92 Å². The summed E-state index contributed by atoms with van der Waals surface area (Å²) in [7, 11) is 2.02. The highest BCUT2D eigenvalue weighted by molar-refractivity contribution is 6.00. The summed E-state index contributed by atoms with van der Waals surface area (Å²) >= 11 is 0. The van der Waals surface area contributed by atoms with Crippen LogP contribution < -0.4 is 0 Å². The third-order valence-electron chi connectivity index (χ3n) is 5.47. The lowest BCUT2D eigenvalue weighted by Gasteiger charge is -2.30. The van der Waals surface area contributed by atoms with E-state index in [2.05, 4.69) is 15.6 Å². The Labute approximate surface area is 160 Å². The quantitative estimate of drug-likeness (QED) is 0.829. The highest BCUT2D eigenvalue weighted by atomic mass is 16.5. The first-order valence-corrected chi connectivity index (χ1v) is 9.74. The van der Waals surface area contributed by atoms with Gasteiger partial charge in [-0.1, -0.05) is 12.8 Å². The molecule has 0 aromatic carbocycles. The van der Waals surface area contributed by atoms with Crippen LogP contribution >= 0.6 is 0 Å². The van der Waals surface area contributed by atoms with Crippen LogP contribution in [0.3, 0.4) is 0 Å². The molecular weight excluding hydrogens is 342 g/mol. The van der Waals surface area contributed by atoms with Crippen LogP contribution in [0, 0.1) is 13.8 Å². The minimum Gasteiger partial charge on any atom is -0.462 e. The maximum atomic E-state index is 13.5. The van der Waals surface area contributed by atoms with Crippen molar-refractivity contribution >= 4 is 11.9 Å². The average Bonchev–Trinajstić information content (AvgIpc) is 3.08. The van der Waals surface area contributed by atoms with Gasteiger partial charge in [-0.05, 0) is 51.3 Å². The van der Waals surface area contributed by atoms with Crippen molar-refractivity contribution in [3.05, 3.63) is 46.5 Å². The predicted molar refractivity (Wildman–Crippen MR) is 104 cm³/mol. The number of H-pyrrole nitrogens is 1. The molecule has 2 aromatic rings. The fourth-order valence-corrected chi connectivity index (χ4v) is 4.10. The van der Waals surface area contributed by atoms with Gasteiger partial charge in [0.1, 0.15) is 5.69 Å². The number of carbonyl (C=O) groups is 2. The van der Waals surface area contributed by atoms with Crippen molar-refractivity contribution in [1.82, 2.24) is 14.5 Å². The van der Waals surface area contributed by atoms with E-state index in [9.17, 15) is 9.59 Å². The number of esters is 1. The van der Waals surface area contributed by atoms with E-state index >= 15 is 0 Å². The Kier molecular flexibility index (Phi) is 5.73. The summed E-state index contributed by atoms with van der Waals surface area (Å²) in [5.74, 6) is -0.420. The summed E-state index contributed by atoms with van der Waals surface area (Å²) < 4.78 is 7.25. The number of likely N-dealkylation sites (tertiary alicyclic amines) is 1. The van der Waals surface area contributed by atoms with Gasteiger partial charge in [-0.15, -0.1) is 0 Å². The number of hydrogen-bond donors (Lipinski definition) is 1. The molecule has 1 fully saturated rings. The molecule has 3 rings (SSSR count). The molecule has 0 aliphatic carbocycles. The van der Waals surface area contributed by atoms with Gasteiger partial charge in [0.2, 0.25) is 0 Å². The number of aromatic amines is 1. The number of hydrogen-bond acceptors (Lipinski definition) is 3. The Morgan fingerprint density at radius 3 is 2.70 bits per heavy atom. The van der Waals surface area contributed by atoms with Crippen LogP contribution in [-0.2, 0) is 11.8 Å². The third-order valence-corrected chi connectivity index (χ3v) is 5.47. The Morgan fingerprint density at radius 2 is 2.04 bits per heavy atom.